The summed E-state index contributed by atoms with van der Waals surface area (Å²) in [5, 5.41) is 6.06. The number of rotatable bonds is 7. The van der Waals surface area contributed by atoms with E-state index in [0.29, 0.717) is 6.42 Å². The zero-order valence-corrected chi connectivity index (χ0v) is 10.1. The Balaban J connectivity index is 1.94. The molecule has 2 N–H and O–H groups in total. The average molecular weight is 229 g/mol. The molecular weight excluding hydrogens is 206 g/mol. The summed E-state index contributed by atoms with van der Waals surface area (Å²) in [6.07, 6.45) is 0.566. The highest BCUT2D eigenvalue weighted by Gasteiger charge is 2.09. The Morgan fingerprint density at radius 1 is 1.31 bits per heavy atom. The number of morpholine rings is 1. The molecule has 0 aromatic rings. The summed E-state index contributed by atoms with van der Waals surface area (Å²) in [6.45, 7) is 8.97. The van der Waals surface area contributed by atoms with Gasteiger partial charge in [0.1, 0.15) is 0 Å². The van der Waals surface area contributed by atoms with Crippen LogP contribution < -0.4 is 10.6 Å². The topological polar surface area (TPSA) is 53.6 Å². The summed E-state index contributed by atoms with van der Waals surface area (Å²) in [6, 6.07) is 0. The largest absolute Gasteiger partial charge is 0.379 e. The number of nitrogens with zero attached hydrogens (tertiary/aromatic N) is 1. The van der Waals surface area contributed by atoms with Gasteiger partial charge in [-0.2, -0.15) is 0 Å². The number of amides is 1. The monoisotopic (exact) mass is 229 g/mol. The summed E-state index contributed by atoms with van der Waals surface area (Å²) in [5.41, 5.74) is 0. The van der Waals surface area contributed by atoms with Crippen molar-refractivity contribution < 1.29 is 9.53 Å². The van der Waals surface area contributed by atoms with Gasteiger partial charge < -0.3 is 15.4 Å². The molecule has 1 fully saturated rings. The molecule has 0 bridgehead atoms. The van der Waals surface area contributed by atoms with Gasteiger partial charge >= 0.3 is 0 Å². The molecule has 0 saturated carbocycles. The Kier molecular flexibility index (Phi) is 7.12. The molecule has 1 saturated heterocycles. The molecule has 1 rings (SSSR count). The lowest BCUT2D eigenvalue weighted by molar-refractivity contribution is -0.121. The normalized spacial score (nSPS) is 17.3. The fourth-order valence-electron chi connectivity index (χ4n) is 1.65. The highest BCUT2D eigenvalue weighted by Crippen LogP contribution is 1.94. The van der Waals surface area contributed by atoms with Crippen molar-refractivity contribution >= 4 is 5.91 Å². The molecule has 1 aliphatic rings. The van der Waals surface area contributed by atoms with Crippen LogP contribution in [-0.2, 0) is 9.53 Å². The van der Waals surface area contributed by atoms with E-state index in [-0.39, 0.29) is 5.91 Å². The Morgan fingerprint density at radius 2 is 2.06 bits per heavy atom. The maximum atomic E-state index is 11.4. The van der Waals surface area contributed by atoms with Crippen LogP contribution in [0.1, 0.15) is 13.3 Å². The summed E-state index contributed by atoms with van der Waals surface area (Å²) in [7, 11) is 0. The van der Waals surface area contributed by atoms with E-state index in [0.717, 1.165) is 52.5 Å². The SMILES string of the molecule is CCNCCC(=O)NCCN1CCOCC1. The van der Waals surface area contributed by atoms with Crippen molar-refractivity contribution in [2.45, 2.75) is 13.3 Å². The van der Waals surface area contributed by atoms with Crippen LogP contribution in [0.4, 0.5) is 0 Å². The van der Waals surface area contributed by atoms with Crippen molar-refractivity contribution in [1.29, 1.82) is 0 Å². The predicted molar refractivity (Wildman–Crippen MR) is 63.4 cm³/mol. The first-order valence-corrected chi connectivity index (χ1v) is 6.10. The summed E-state index contributed by atoms with van der Waals surface area (Å²) in [5.74, 6) is 0.134. The highest BCUT2D eigenvalue weighted by molar-refractivity contribution is 5.76. The van der Waals surface area contributed by atoms with Crippen LogP contribution in [0.5, 0.6) is 0 Å². The molecule has 16 heavy (non-hydrogen) atoms. The van der Waals surface area contributed by atoms with Crippen LogP contribution >= 0.6 is 0 Å². The smallest absolute Gasteiger partial charge is 0.221 e. The first-order chi connectivity index (χ1) is 7.83. The van der Waals surface area contributed by atoms with Gasteiger partial charge in [-0.1, -0.05) is 6.92 Å². The fraction of sp³-hybridized carbons (Fsp3) is 0.909. The van der Waals surface area contributed by atoms with Gasteiger partial charge in [0.25, 0.3) is 0 Å². The maximum absolute atomic E-state index is 11.4. The number of ether oxygens (including phenoxy) is 1. The molecule has 0 radical (unpaired) electrons. The van der Waals surface area contributed by atoms with Crippen LogP contribution in [0.3, 0.4) is 0 Å². The average Bonchev–Trinajstić information content (AvgIpc) is 2.31. The predicted octanol–water partition coefficient (Wildman–Crippen LogP) is -0.566. The molecule has 0 aromatic heterocycles. The van der Waals surface area contributed by atoms with Gasteiger partial charge in [-0.25, -0.2) is 0 Å². The van der Waals surface area contributed by atoms with Gasteiger partial charge in [0.15, 0.2) is 0 Å². The minimum Gasteiger partial charge on any atom is -0.379 e. The second-order valence-corrected chi connectivity index (χ2v) is 3.91. The highest BCUT2D eigenvalue weighted by atomic mass is 16.5. The van der Waals surface area contributed by atoms with Gasteiger partial charge in [-0.05, 0) is 6.54 Å². The molecule has 0 unspecified atom stereocenters. The van der Waals surface area contributed by atoms with E-state index in [1.165, 1.54) is 0 Å². The minimum atomic E-state index is 0.134. The summed E-state index contributed by atoms with van der Waals surface area (Å²) in [4.78, 5) is 13.7. The van der Waals surface area contributed by atoms with Crippen LogP contribution in [-0.4, -0.2) is 63.3 Å². The van der Waals surface area contributed by atoms with E-state index in [2.05, 4.69) is 15.5 Å². The molecular formula is C11H23N3O2. The molecule has 0 aromatic carbocycles. The van der Waals surface area contributed by atoms with Gasteiger partial charge in [0.2, 0.25) is 5.91 Å². The Morgan fingerprint density at radius 3 is 2.75 bits per heavy atom. The Hall–Kier alpha value is -0.650. The number of hydrogen-bond acceptors (Lipinski definition) is 4. The third kappa shape index (κ3) is 6.05. The number of carbonyl (C=O) groups excluding carboxylic acids is 1. The quantitative estimate of drug-likeness (QED) is 0.574. The molecule has 94 valence electrons. The van der Waals surface area contributed by atoms with Crippen LogP contribution in [0.15, 0.2) is 0 Å². The van der Waals surface area contributed by atoms with Crippen molar-refractivity contribution in [3.05, 3.63) is 0 Å². The maximum Gasteiger partial charge on any atom is 0.221 e. The van der Waals surface area contributed by atoms with Gasteiger partial charge in [0.05, 0.1) is 13.2 Å². The van der Waals surface area contributed by atoms with Crippen molar-refractivity contribution in [2.75, 3.05) is 52.5 Å². The zero-order chi connectivity index (χ0) is 11.6. The van der Waals surface area contributed by atoms with Crippen molar-refractivity contribution in [3.63, 3.8) is 0 Å². The molecule has 0 spiro atoms. The van der Waals surface area contributed by atoms with Gasteiger partial charge in [-0.15, -0.1) is 0 Å². The van der Waals surface area contributed by atoms with E-state index < -0.39 is 0 Å². The van der Waals surface area contributed by atoms with E-state index in [1.807, 2.05) is 6.92 Å². The van der Waals surface area contributed by atoms with E-state index >= 15 is 0 Å². The molecule has 0 atom stereocenters. The Labute approximate surface area is 97.5 Å². The number of carbonyl (C=O) groups is 1. The fourth-order valence-corrected chi connectivity index (χ4v) is 1.65. The molecule has 1 amide bonds. The lowest BCUT2D eigenvalue weighted by atomic mass is 10.3. The van der Waals surface area contributed by atoms with Crippen molar-refractivity contribution in [1.82, 2.24) is 15.5 Å². The van der Waals surface area contributed by atoms with E-state index in [1.54, 1.807) is 0 Å². The first-order valence-electron chi connectivity index (χ1n) is 6.10. The third-order valence-electron chi connectivity index (χ3n) is 2.63. The molecule has 0 aliphatic carbocycles. The van der Waals surface area contributed by atoms with Gasteiger partial charge in [-0.3, -0.25) is 9.69 Å². The third-order valence-corrected chi connectivity index (χ3v) is 2.63. The van der Waals surface area contributed by atoms with Gasteiger partial charge in [0, 0.05) is 39.1 Å². The lowest BCUT2D eigenvalue weighted by Crippen LogP contribution is -2.41. The van der Waals surface area contributed by atoms with Crippen molar-refractivity contribution in [2.24, 2.45) is 0 Å². The van der Waals surface area contributed by atoms with Crippen LogP contribution in [0, 0.1) is 0 Å². The molecule has 5 nitrogen and oxygen atoms in total. The standard InChI is InChI=1S/C11H23N3O2/c1-2-12-4-3-11(15)13-5-6-14-7-9-16-10-8-14/h12H,2-10H2,1H3,(H,13,15). The molecule has 1 aliphatic heterocycles. The van der Waals surface area contributed by atoms with Crippen molar-refractivity contribution in [3.8, 4) is 0 Å². The van der Waals surface area contributed by atoms with E-state index in [4.69, 9.17) is 4.74 Å². The molecule has 1 heterocycles. The van der Waals surface area contributed by atoms with Crippen LogP contribution in [0.25, 0.3) is 0 Å². The minimum absolute atomic E-state index is 0.134. The Bertz CT molecular complexity index is 194. The lowest BCUT2D eigenvalue weighted by Gasteiger charge is -2.26. The molecule has 5 heteroatoms. The summed E-state index contributed by atoms with van der Waals surface area (Å²) < 4.78 is 5.26. The summed E-state index contributed by atoms with van der Waals surface area (Å²) >= 11 is 0. The van der Waals surface area contributed by atoms with E-state index in [9.17, 15) is 4.79 Å². The second-order valence-electron chi connectivity index (χ2n) is 3.91. The number of hydrogen-bond donors (Lipinski definition) is 2. The second kappa shape index (κ2) is 8.50. The number of nitrogens with one attached hydrogen (secondary N) is 2. The first kappa shape index (κ1) is 13.4. The van der Waals surface area contributed by atoms with Crippen LogP contribution in [0.2, 0.25) is 0 Å². The zero-order valence-electron chi connectivity index (χ0n) is 10.1.